The molecule has 0 unspecified atom stereocenters. The summed E-state index contributed by atoms with van der Waals surface area (Å²) in [5, 5.41) is 9.88. The first kappa shape index (κ1) is 14.6. The van der Waals surface area contributed by atoms with Gasteiger partial charge in [0.05, 0.1) is 7.11 Å². The summed E-state index contributed by atoms with van der Waals surface area (Å²) in [4.78, 5) is 0. The van der Waals surface area contributed by atoms with E-state index in [1.165, 1.54) is 19.6 Å². The lowest BCUT2D eigenvalue weighted by Gasteiger charge is -2.38. The number of phenolic OH excluding ortho intramolecular Hbond substituents is 1. The Kier molecular flexibility index (Phi) is 4.36. The van der Waals surface area contributed by atoms with Gasteiger partial charge in [-0.05, 0) is 18.9 Å². The van der Waals surface area contributed by atoms with Crippen molar-refractivity contribution in [1.82, 2.24) is 0 Å². The number of rotatable bonds is 3. The molecule has 106 valence electrons. The molecule has 0 spiro atoms. The number of hydrogen-bond acceptors (Lipinski definition) is 3. The van der Waals surface area contributed by atoms with E-state index >= 15 is 0 Å². The molecule has 1 aliphatic rings. The number of aromatic hydroxyl groups is 1. The van der Waals surface area contributed by atoms with Crippen LogP contribution < -0.4 is 10.5 Å². The largest absolute Gasteiger partial charge is 0.502 e. The monoisotopic (exact) mass is 331 g/mol. The van der Waals surface area contributed by atoms with Gasteiger partial charge in [0.1, 0.15) is 0 Å². The zero-order valence-corrected chi connectivity index (χ0v) is 12.6. The van der Waals surface area contributed by atoms with Crippen molar-refractivity contribution < 1.29 is 14.2 Å². The van der Waals surface area contributed by atoms with Gasteiger partial charge < -0.3 is 15.6 Å². The molecule has 2 rings (SSSR count). The van der Waals surface area contributed by atoms with Crippen LogP contribution in [0.25, 0.3) is 0 Å². The van der Waals surface area contributed by atoms with E-state index < -0.39 is 11.6 Å². The van der Waals surface area contributed by atoms with Gasteiger partial charge >= 0.3 is 0 Å². The number of ether oxygens (including phenoxy) is 1. The molecule has 19 heavy (non-hydrogen) atoms. The molecule has 0 bridgehead atoms. The lowest BCUT2D eigenvalue weighted by Crippen LogP contribution is -2.38. The maximum Gasteiger partial charge on any atom is 0.194 e. The van der Waals surface area contributed by atoms with Gasteiger partial charge in [-0.2, -0.15) is 0 Å². The summed E-state index contributed by atoms with van der Waals surface area (Å²) in [5.41, 5.74) is 6.56. The number of hydrogen-bond donors (Lipinski definition) is 2. The summed E-state index contributed by atoms with van der Waals surface area (Å²) in [7, 11) is 1.44. The molecule has 0 radical (unpaired) electrons. The lowest BCUT2D eigenvalue weighted by atomic mass is 9.69. The second-order valence-corrected chi connectivity index (χ2v) is 6.00. The Morgan fingerprint density at radius 2 is 2.05 bits per heavy atom. The van der Waals surface area contributed by atoms with Crippen molar-refractivity contribution in [3.63, 3.8) is 0 Å². The van der Waals surface area contributed by atoms with E-state index in [9.17, 15) is 9.50 Å². The Morgan fingerprint density at radius 1 is 1.42 bits per heavy atom. The Labute approximate surface area is 121 Å². The minimum Gasteiger partial charge on any atom is -0.502 e. The molecular weight excluding hydrogens is 313 g/mol. The zero-order chi connectivity index (χ0) is 14.0. The smallest absolute Gasteiger partial charge is 0.194 e. The van der Waals surface area contributed by atoms with Crippen molar-refractivity contribution in [1.29, 1.82) is 0 Å². The minimum absolute atomic E-state index is 0.208. The maximum absolute atomic E-state index is 13.6. The van der Waals surface area contributed by atoms with Crippen LogP contribution in [0.3, 0.4) is 0 Å². The average Bonchev–Trinajstić information content (AvgIpc) is 2.43. The van der Waals surface area contributed by atoms with Crippen molar-refractivity contribution >= 4 is 15.9 Å². The SMILES string of the molecule is COc1c(O)c(F)cc(Br)c1C1(CN)CCCCC1. The molecule has 0 heterocycles. The first-order chi connectivity index (χ1) is 9.05. The third-order valence-electron chi connectivity index (χ3n) is 4.10. The van der Waals surface area contributed by atoms with Crippen molar-refractivity contribution in [3.8, 4) is 11.5 Å². The summed E-state index contributed by atoms with van der Waals surface area (Å²) in [5.74, 6) is -0.909. The number of phenols is 1. The van der Waals surface area contributed by atoms with E-state index in [0.29, 0.717) is 11.0 Å². The molecule has 3 nitrogen and oxygen atoms in total. The average molecular weight is 332 g/mol. The first-order valence-corrected chi connectivity index (χ1v) is 7.30. The van der Waals surface area contributed by atoms with Gasteiger partial charge in [0.2, 0.25) is 0 Å². The Bertz CT molecular complexity index is 473. The van der Waals surface area contributed by atoms with Gasteiger partial charge in [-0.15, -0.1) is 0 Å². The number of halogens is 2. The van der Waals surface area contributed by atoms with Crippen LogP contribution in [0.2, 0.25) is 0 Å². The predicted molar refractivity (Wildman–Crippen MR) is 76.1 cm³/mol. The topological polar surface area (TPSA) is 55.5 Å². The fraction of sp³-hybridized carbons (Fsp3) is 0.571. The van der Waals surface area contributed by atoms with E-state index in [1.807, 2.05) is 0 Å². The molecule has 5 heteroatoms. The summed E-state index contributed by atoms with van der Waals surface area (Å²) < 4.78 is 19.5. The standard InChI is InChI=1S/C14H19BrFNO2/c1-19-13-11(9(15)7-10(16)12(13)18)14(8-17)5-3-2-4-6-14/h7,18H,2-6,8,17H2,1H3. The highest BCUT2D eigenvalue weighted by Gasteiger charge is 2.38. The fourth-order valence-electron chi connectivity index (χ4n) is 3.06. The van der Waals surface area contributed by atoms with Gasteiger partial charge in [-0.3, -0.25) is 0 Å². The zero-order valence-electron chi connectivity index (χ0n) is 11.0. The van der Waals surface area contributed by atoms with Crippen LogP contribution in [0.1, 0.15) is 37.7 Å². The van der Waals surface area contributed by atoms with Crippen LogP contribution in [-0.4, -0.2) is 18.8 Å². The van der Waals surface area contributed by atoms with Crippen molar-refractivity contribution in [2.45, 2.75) is 37.5 Å². The van der Waals surface area contributed by atoms with Gasteiger partial charge in [0.25, 0.3) is 0 Å². The summed E-state index contributed by atoms with van der Waals surface area (Å²) in [6.45, 7) is 0.465. The van der Waals surface area contributed by atoms with E-state index in [4.69, 9.17) is 10.5 Å². The Balaban J connectivity index is 2.62. The van der Waals surface area contributed by atoms with Crippen LogP contribution in [0.5, 0.6) is 11.5 Å². The second kappa shape index (κ2) is 5.67. The third-order valence-corrected chi connectivity index (χ3v) is 4.72. The maximum atomic E-state index is 13.6. The predicted octanol–water partition coefficient (Wildman–Crippen LogP) is 3.46. The Hall–Kier alpha value is -0.810. The van der Waals surface area contributed by atoms with Crippen molar-refractivity contribution in [3.05, 3.63) is 21.9 Å². The highest BCUT2D eigenvalue weighted by Crippen LogP contribution is 2.49. The van der Waals surface area contributed by atoms with Gasteiger partial charge in [-0.25, -0.2) is 4.39 Å². The molecule has 1 aliphatic carbocycles. The lowest BCUT2D eigenvalue weighted by molar-refractivity contribution is 0.279. The van der Waals surface area contributed by atoms with Gasteiger partial charge in [0.15, 0.2) is 17.3 Å². The quantitative estimate of drug-likeness (QED) is 0.891. The summed E-state index contributed by atoms with van der Waals surface area (Å²) in [6, 6.07) is 1.29. The van der Waals surface area contributed by atoms with Crippen molar-refractivity contribution in [2.75, 3.05) is 13.7 Å². The molecule has 0 amide bonds. The van der Waals surface area contributed by atoms with E-state index in [2.05, 4.69) is 15.9 Å². The van der Waals surface area contributed by atoms with E-state index in [1.54, 1.807) is 0 Å². The van der Waals surface area contributed by atoms with Gasteiger partial charge in [0, 0.05) is 22.0 Å². The molecular formula is C14H19BrFNO2. The van der Waals surface area contributed by atoms with Crippen LogP contribution in [0, 0.1) is 5.82 Å². The fourth-order valence-corrected chi connectivity index (χ4v) is 3.87. The summed E-state index contributed by atoms with van der Waals surface area (Å²) in [6.07, 6.45) is 5.23. The van der Waals surface area contributed by atoms with Crippen LogP contribution in [0.4, 0.5) is 4.39 Å². The molecule has 0 aromatic heterocycles. The highest BCUT2D eigenvalue weighted by molar-refractivity contribution is 9.10. The van der Waals surface area contributed by atoms with Crippen LogP contribution in [0.15, 0.2) is 10.5 Å². The molecule has 1 fully saturated rings. The molecule has 1 aromatic carbocycles. The minimum atomic E-state index is -0.685. The number of nitrogens with two attached hydrogens (primary N) is 1. The number of methoxy groups -OCH3 is 1. The first-order valence-electron chi connectivity index (χ1n) is 6.51. The van der Waals surface area contributed by atoms with Crippen molar-refractivity contribution in [2.24, 2.45) is 5.73 Å². The third kappa shape index (κ3) is 2.46. The molecule has 3 N–H and O–H groups in total. The molecule has 0 saturated heterocycles. The summed E-state index contributed by atoms with van der Waals surface area (Å²) >= 11 is 3.40. The molecule has 1 saturated carbocycles. The molecule has 0 aliphatic heterocycles. The Morgan fingerprint density at radius 3 is 2.58 bits per heavy atom. The second-order valence-electron chi connectivity index (χ2n) is 5.14. The number of benzene rings is 1. The molecule has 1 aromatic rings. The van der Waals surface area contributed by atoms with Crippen LogP contribution >= 0.6 is 15.9 Å². The van der Waals surface area contributed by atoms with E-state index in [0.717, 1.165) is 31.2 Å². The van der Waals surface area contributed by atoms with E-state index in [-0.39, 0.29) is 11.2 Å². The van der Waals surface area contributed by atoms with Crippen LogP contribution in [-0.2, 0) is 5.41 Å². The molecule has 0 atom stereocenters. The van der Waals surface area contributed by atoms with Gasteiger partial charge in [-0.1, -0.05) is 35.2 Å². The normalized spacial score (nSPS) is 18.3. The highest BCUT2D eigenvalue weighted by atomic mass is 79.9.